The van der Waals surface area contributed by atoms with Crippen LogP contribution in [0.4, 0.5) is 0 Å². The van der Waals surface area contributed by atoms with E-state index in [1.807, 2.05) is 0 Å². The second kappa shape index (κ2) is 3.17. The molecule has 0 N–H and O–H groups in total. The first-order chi connectivity index (χ1) is 5.49. The van der Waals surface area contributed by atoms with Crippen molar-refractivity contribution in [1.29, 1.82) is 0 Å². The summed E-state index contributed by atoms with van der Waals surface area (Å²) in [4.78, 5) is 22.9. The molecule has 0 amide bonds. The molecule has 1 aliphatic rings. The van der Waals surface area contributed by atoms with Gasteiger partial charge in [-0.3, -0.25) is 9.59 Å². The molecule has 0 saturated heterocycles. The number of hydrogen-bond acceptors (Lipinski definition) is 2. The summed E-state index contributed by atoms with van der Waals surface area (Å²) in [7, 11) is 0. The summed E-state index contributed by atoms with van der Waals surface area (Å²) in [5.41, 5.74) is -0.917. The van der Waals surface area contributed by atoms with E-state index in [-0.39, 0.29) is 11.6 Å². The molecule has 1 saturated carbocycles. The molecule has 0 aromatic rings. The lowest BCUT2D eigenvalue weighted by Gasteiger charge is -2.32. The van der Waals surface area contributed by atoms with Crippen LogP contribution in [-0.2, 0) is 9.59 Å². The summed E-state index contributed by atoms with van der Waals surface area (Å²) in [6, 6.07) is 0. The molecule has 1 rings (SSSR count). The van der Waals surface area contributed by atoms with Crippen molar-refractivity contribution < 1.29 is 9.59 Å². The molecule has 2 nitrogen and oxygen atoms in total. The van der Waals surface area contributed by atoms with Gasteiger partial charge in [-0.2, -0.15) is 0 Å². The molecule has 1 atom stereocenters. The Bertz CT molecular complexity index is 205. The number of alkyl halides is 1. The third-order valence-electron chi connectivity index (χ3n) is 2.76. The van der Waals surface area contributed by atoms with E-state index in [9.17, 15) is 9.59 Å². The van der Waals surface area contributed by atoms with Crippen LogP contribution in [0.2, 0.25) is 0 Å². The van der Waals surface area contributed by atoms with Gasteiger partial charge in [-0.05, 0) is 20.3 Å². The topological polar surface area (TPSA) is 34.1 Å². The maximum absolute atomic E-state index is 11.5. The summed E-state index contributed by atoms with van der Waals surface area (Å²) >= 11 is 5.85. The number of halogens is 1. The van der Waals surface area contributed by atoms with Gasteiger partial charge in [0.25, 0.3) is 0 Å². The number of rotatable bonds is 1. The zero-order chi connectivity index (χ0) is 9.35. The third kappa shape index (κ3) is 1.28. The lowest BCUT2D eigenvalue weighted by Crippen LogP contribution is -2.45. The van der Waals surface area contributed by atoms with Crippen LogP contribution >= 0.6 is 11.6 Å². The second-order valence-corrected chi connectivity index (χ2v) is 4.17. The molecule has 0 heterocycles. The van der Waals surface area contributed by atoms with Crippen molar-refractivity contribution in [3.05, 3.63) is 0 Å². The molecule has 1 unspecified atom stereocenters. The summed E-state index contributed by atoms with van der Waals surface area (Å²) in [5.74, 6) is 0.00231. The SMILES string of the molecule is CC(Cl)C1(C)C(=O)CCCC1=O. The third-order valence-corrected chi connectivity index (χ3v) is 3.20. The van der Waals surface area contributed by atoms with Gasteiger partial charge in [-0.25, -0.2) is 0 Å². The van der Waals surface area contributed by atoms with Crippen molar-refractivity contribution in [2.75, 3.05) is 0 Å². The molecule has 0 aromatic carbocycles. The second-order valence-electron chi connectivity index (χ2n) is 3.52. The molecule has 3 heteroatoms. The Labute approximate surface area is 77.3 Å². The van der Waals surface area contributed by atoms with E-state index in [4.69, 9.17) is 11.6 Å². The Morgan fingerprint density at radius 3 is 2.00 bits per heavy atom. The van der Waals surface area contributed by atoms with Crippen LogP contribution in [-0.4, -0.2) is 16.9 Å². The lowest BCUT2D eigenvalue weighted by atomic mass is 9.71. The van der Waals surface area contributed by atoms with E-state index in [1.165, 1.54) is 0 Å². The average molecular weight is 189 g/mol. The minimum Gasteiger partial charge on any atom is -0.299 e. The zero-order valence-electron chi connectivity index (χ0n) is 7.39. The fourth-order valence-electron chi connectivity index (χ4n) is 1.53. The van der Waals surface area contributed by atoms with Gasteiger partial charge in [-0.1, -0.05) is 0 Å². The largest absolute Gasteiger partial charge is 0.299 e. The van der Waals surface area contributed by atoms with Gasteiger partial charge in [0.2, 0.25) is 0 Å². The first-order valence-corrected chi connectivity index (χ1v) is 4.64. The predicted molar refractivity (Wildman–Crippen MR) is 47.3 cm³/mol. The van der Waals surface area contributed by atoms with Gasteiger partial charge in [-0.15, -0.1) is 11.6 Å². The molecular formula is C9H13ClO2. The highest BCUT2D eigenvalue weighted by Crippen LogP contribution is 2.35. The normalized spacial score (nSPS) is 25.6. The number of ketones is 2. The van der Waals surface area contributed by atoms with Crippen molar-refractivity contribution in [1.82, 2.24) is 0 Å². The first-order valence-electron chi connectivity index (χ1n) is 4.20. The van der Waals surface area contributed by atoms with Gasteiger partial charge >= 0.3 is 0 Å². The minimum absolute atomic E-state index is 0.00116. The highest BCUT2D eigenvalue weighted by molar-refractivity contribution is 6.26. The fourth-order valence-corrected chi connectivity index (χ4v) is 1.77. The maximum Gasteiger partial charge on any atom is 0.147 e. The Balaban J connectivity index is 2.96. The Hall–Kier alpha value is -0.370. The van der Waals surface area contributed by atoms with Crippen molar-refractivity contribution in [2.24, 2.45) is 5.41 Å². The molecule has 0 spiro atoms. The lowest BCUT2D eigenvalue weighted by molar-refractivity contribution is -0.142. The van der Waals surface area contributed by atoms with Crippen LogP contribution in [0, 0.1) is 5.41 Å². The standard InChI is InChI=1S/C9H13ClO2/c1-6(10)9(2)7(11)4-3-5-8(9)12/h6H,3-5H2,1-2H3. The van der Waals surface area contributed by atoms with Crippen molar-refractivity contribution in [3.63, 3.8) is 0 Å². The fraction of sp³-hybridized carbons (Fsp3) is 0.778. The highest BCUT2D eigenvalue weighted by atomic mass is 35.5. The average Bonchev–Trinajstić information content (AvgIpc) is 1.99. The van der Waals surface area contributed by atoms with Gasteiger partial charge < -0.3 is 0 Å². The summed E-state index contributed by atoms with van der Waals surface area (Å²) in [6.07, 6.45) is 1.69. The first kappa shape index (κ1) is 9.72. The van der Waals surface area contributed by atoms with Gasteiger partial charge in [0.05, 0.1) is 5.38 Å². The van der Waals surface area contributed by atoms with Gasteiger partial charge in [0.1, 0.15) is 17.0 Å². The quantitative estimate of drug-likeness (QED) is 0.466. The molecule has 1 aliphatic carbocycles. The van der Waals surface area contributed by atoms with E-state index >= 15 is 0 Å². The van der Waals surface area contributed by atoms with E-state index in [0.29, 0.717) is 19.3 Å². The monoisotopic (exact) mass is 188 g/mol. The maximum atomic E-state index is 11.5. The van der Waals surface area contributed by atoms with Crippen LogP contribution in [0.15, 0.2) is 0 Å². The molecule has 0 aliphatic heterocycles. The van der Waals surface area contributed by atoms with E-state index < -0.39 is 10.8 Å². The van der Waals surface area contributed by atoms with Crippen LogP contribution in [0.5, 0.6) is 0 Å². The van der Waals surface area contributed by atoms with Crippen molar-refractivity contribution in [2.45, 2.75) is 38.5 Å². The molecule has 12 heavy (non-hydrogen) atoms. The molecule has 0 aromatic heterocycles. The van der Waals surface area contributed by atoms with Crippen LogP contribution < -0.4 is 0 Å². The predicted octanol–water partition coefficient (Wildman–Crippen LogP) is 1.94. The van der Waals surface area contributed by atoms with Crippen LogP contribution in [0.1, 0.15) is 33.1 Å². The van der Waals surface area contributed by atoms with Crippen molar-refractivity contribution in [3.8, 4) is 0 Å². The Morgan fingerprint density at radius 2 is 1.75 bits per heavy atom. The molecule has 0 bridgehead atoms. The minimum atomic E-state index is -0.917. The number of hydrogen-bond donors (Lipinski definition) is 0. The van der Waals surface area contributed by atoms with E-state index in [0.717, 1.165) is 0 Å². The van der Waals surface area contributed by atoms with Crippen LogP contribution in [0.3, 0.4) is 0 Å². The van der Waals surface area contributed by atoms with Crippen molar-refractivity contribution >= 4 is 23.2 Å². The van der Waals surface area contributed by atoms with Gasteiger partial charge in [0, 0.05) is 12.8 Å². The van der Waals surface area contributed by atoms with Crippen LogP contribution in [0.25, 0.3) is 0 Å². The molecular weight excluding hydrogens is 176 g/mol. The van der Waals surface area contributed by atoms with Gasteiger partial charge in [0.15, 0.2) is 0 Å². The highest BCUT2D eigenvalue weighted by Gasteiger charge is 2.45. The Kier molecular flexibility index (Phi) is 2.57. The summed E-state index contributed by atoms with van der Waals surface area (Å²) in [6.45, 7) is 3.37. The molecule has 68 valence electrons. The molecule has 0 radical (unpaired) electrons. The number of Topliss-reactive ketones (excluding diaryl/α,β-unsaturated/α-hetero) is 2. The number of carbonyl (C=O) groups excluding carboxylic acids is 2. The molecule has 1 fully saturated rings. The van der Waals surface area contributed by atoms with E-state index in [2.05, 4.69) is 0 Å². The number of carbonyl (C=O) groups is 2. The Morgan fingerprint density at radius 1 is 1.33 bits per heavy atom. The summed E-state index contributed by atoms with van der Waals surface area (Å²) < 4.78 is 0. The smallest absolute Gasteiger partial charge is 0.147 e. The summed E-state index contributed by atoms with van der Waals surface area (Å²) in [5, 5.41) is -0.391. The van der Waals surface area contributed by atoms with E-state index in [1.54, 1.807) is 13.8 Å². The zero-order valence-corrected chi connectivity index (χ0v) is 8.15.